The van der Waals surface area contributed by atoms with Crippen LogP contribution in [0.2, 0.25) is 0 Å². The van der Waals surface area contributed by atoms with Gasteiger partial charge in [-0.15, -0.1) is 0 Å². The van der Waals surface area contributed by atoms with E-state index in [4.69, 9.17) is 14.9 Å². The van der Waals surface area contributed by atoms with Gasteiger partial charge in [-0.2, -0.15) is 0 Å². The summed E-state index contributed by atoms with van der Waals surface area (Å²) in [5, 5.41) is 0. The summed E-state index contributed by atoms with van der Waals surface area (Å²) in [5.41, 5.74) is 5.98. The Morgan fingerprint density at radius 1 is 1.60 bits per heavy atom. The summed E-state index contributed by atoms with van der Waals surface area (Å²) in [6, 6.07) is 1.64. The van der Waals surface area contributed by atoms with Gasteiger partial charge in [0.05, 0.1) is 18.4 Å². The molecule has 0 aliphatic rings. The molecule has 0 atom stereocenters. The van der Waals surface area contributed by atoms with E-state index in [0.29, 0.717) is 31.8 Å². The molecule has 0 saturated heterocycles. The Morgan fingerprint density at radius 3 is 2.93 bits per heavy atom. The molecular weight excluding hydrogens is 196 g/mol. The van der Waals surface area contributed by atoms with E-state index in [1.165, 1.54) is 12.5 Å². The molecule has 0 aliphatic carbocycles. The second kappa shape index (κ2) is 6.21. The quantitative estimate of drug-likeness (QED) is 0.737. The minimum absolute atomic E-state index is 0.0775. The number of hydrogen-bond acceptors (Lipinski definition) is 4. The van der Waals surface area contributed by atoms with Crippen LogP contribution in [0.3, 0.4) is 0 Å². The Morgan fingerprint density at radius 2 is 2.40 bits per heavy atom. The number of carbonyl (C=O) groups excluding carboxylic acids is 1. The first-order valence-electron chi connectivity index (χ1n) is 4.80. The van der Waals surface area contributed by atoms with Gasteiger partial charge in [-0.3, -0.25) is 4.79 Å². The minimum Gasteiger partial charge on any atom is -0.472 e. The largest absolute Gasteiger partial charge is 0.472 e. The number of nitrogens with two attached hydrogens (primary N) is 1. The maximum Gasteiger partial charge on any atom is 0.257 e. The van der Waals surface area contributed by atoms with Gasteiger partial charge in [0, 0.05) is 26.7 Å². The lowest BCUT2D eigenvalue weighted by Crippen LogP contribution is -2.37. The van der Waals surface area contributed by atoms with Gasteiger partial charge < -0.3 is 19.8 Å². The molecule has 2 N–H and O–H groups in total. The van der Waals surface area contributed by atoms with Crippen molar-refractivity contribution in [3.63, 3.8) is 0 Å². The van der Waals surface area contributed by atoms with Gasteiger partial charge in [-0.05, 0) is 6.07 Å². The SMILES string of the molecule is COCCN(CCN)C(=O)c1ccoc1. The maximum absolute atomic E-state index is 11.9. The molecule has 0 aromatic carbocycles. The van der Waals surface area contributed by atoms with Gasteiger partial charge in [0.2, 0.25) is 0 Å². The molecule has 1 aromatic rings. The van der Waals surface area contributed by atoms with Crippen LogP contribution in [0.4, 0.5) is 0 Å². The third-order valence-corrected chi connectivity index (χ3v) is 2.02. The lowest BCUT2D eigenvalue weighted by Gasteiger charge is -2.20. The molecule has 1 rings (SSSR count). The Bertz CT molecular complexity index is 285. The molecule has 0 aliphatic heterocycles. The van der Waals surface area contributed by atoms with Crippen molar-refractivity contribution in [1.29, 1.82) is 0 Å². The summed E-state index contributed by atoms with van der Waals surface area (Å²) in [6.45, 7) is 2.00. The third-order valence-electron chi connectivity index (χ3n) is 2.02. The average Bonchev–Trinajstić information content (AvgIpc) is 2.76. The molecule has 84 valence electrons. The zero-order chi connectivity index (χ0) is 11.1. The first-order chi connectivity index (χ1) is 7.29. The lowest BCUT2D eigenvalue weighted by atomic mass is 10.3. The molecule has 15 heavy (non-hydrogen) atoms. The second-order valence-corrected chi connectivity index (χ2v) is 3.09. The molecule has 1 amide bonds. The van der Waals surface area contributed by atoms with E-state index in [9.17, 15) is 4.79 Å². The van der Waals surface area contributed by atoms with Crippen molar-refractivity contribution in [2.75, 3.05) is 33.4 Å². The van der Waals surface area contributed by atoms with Gasteiger partial charge in [0.25, 0.3) is 5.91 Å². The predicted molar refractivity (Wildman–Crippen MR) is 55.5 cm³/mol. The van der Waals surface area contributed by atoms with Crippen LogP contribution in [0.15, 0.2) is 23.0 Å². The molecule has 0 radical (unpaired) electrons. The molecule has 0 fully saturated rings. The number of methoxy groups -OCH3 is 1. The standard InChI is InChI=1S/C10H16N2O3/c1-14-7-5-12(4-3-11)10(13)9-2-6-15-8-9/h2,6,8H,3-5,7,11H2,1H3. The van der Waals surface area contributed by atoms with Crippen molar-refractivity contribution in [2.45, 2.75) is 0 Å². The van der Waals surface area contributed by atoms with Crippen LogP contribution < -0.4 is 5.73 Å². The van der Waals surface area contributed by atoms with Gasteiger partial charge in [-0.25, -0.2) is 0 Å². The Balaban J connectivity index is 2.58. The summed E-state index contributed by atoms with van der Waals surface area (Å²) < 4.78 is 9.79. The highest BCUT2D eigenvalue weighted by atomic mass is 16.5. The molecule has 0 unspecified atom stereocenters. The molecule has 0 bridgehead atoms. The van der Waals surface area contributed by atoms with Crippen LogP contribution in [-0.2, 0) is 4.74 Å². The average molecular weight is 212 g/mol. The molecule has 5 nitrogen and oxygen atoms in total. The van der Waals surface area contributed by atoms with Crippen molar-refractivity contribution in [1.82, 2.24) is 4.90 Å². The number of hydrogen-bond donors (Lipinski definition) is 1. The number of amides is 1. The lowest BCUT2D eigenvalue weighted by molar-refractivity contribution is 0.0701. The van der Waals surface area contributed by atoms with Crippen molar-refractivity contribution in [2.24, 2.45) is 5.73 Å². The highest BCUT2D eigenvalue weighted by molar-refractivity contribution is 5.93. The molecule has 1 aromatic heterocycles. The Labute approximate surface area is 88.8 Å². The number of rotatable bonds is 6. The van der Waals surface area contributed by atoms with Crippen LogP contribution in [0.25, 0.3) is 0 Å². The van der Waals surface area contributed by atoms with Gasteiger partial charge in [-0.1, -0.05) is 0 Å². The van der Waals surface area contributed by atoms with Crippen LogP contribution >= 0.6 is 0 Å². The van der Waals surface area contributed by atoms with Crippen LogP contribution in [0, 0.1) is 0 Å². The van der Waals surface area contributed by atoms with Crippen LogP contribution in [0.5, 0.6) is 0 Å². The van der Waals surface area contributed by atoms with E-state index in [0.717, 1.165) is 0 Å². The summed E-state index contributed by atoms with van der Waals surface area (Å²) in [4.78, 5) is 13.5. The van der Waals surface area contributed by atoms with E-state index in [2.05, 4.69) is 0 Å². The molecule has 5 heteroatoms. The van der Waals surface area contributed by atoms with Crippen LogP contribution in [0.1, 0.15) is 10.4 Å². The number of ether oxygens (including phenoxy) is 1. The van der Waals surface area contributed by atoms with E-state index in [1.54, 1.807) is 18.1 Å². The first kappa shape index (κ1) is 11.7. The number of nitrogens with zero attached hydrogens (tertiary/aromatic N) is 1. The Kier molecular flexibility index (Phi) is 4.86. The molecular formula is C10H16N2O3. The van der Waals surface area contributed by atoms with E-state index < -0.39 is 0 Å². The van der Waals surface area contributed by atoms with Gasteiger partial charge in [0.1, 0.15) is 6.26 Å². The first-order valence-corrected chi connectivity index (χ1v) is 4.80. The monoisotopic (exact) mass is 212 g/mol. The minimum atomic E-state index is -0.0775. The summed E-state index contributed by atoms with van der Waals surface area (Å²) in [5.74, 6) is -0.0775. The number of carbonyl (C=O) groups is 1. The summed E-state index contributed by atoms with van der Waals surface area (Å²) >= 11 is 0. The van der Waals surface area contributed by atoms with Crippen molar-refractivity contribution >= 4 is 5.91 Å². The van der Waals surface area contributed by atoms with E-state index in [1.807, 2.05) is 0 Å². The fraction of sp³-hybridized carbons (Fsp3) is 0.500. The highest BCUT2D eigenvalue weighted by Crippen LogP contribution is 2.05. The molecule has 0 spiro atoms. The van der Waals surface area contributed by atoms with Crippen LogP contribution in [-0.4, -0.2) is 44.2 Å². The Hall–Kier alpha value is -1.33. The van der Waals surface area contributed by atoms with Crippen molar-refractivity contribution < 1.29 is 13.9 Å². The smallest absolute Gasteiger partial charge is 0.257 e. The van der Waals surface area contributed by atoms with Gasteiger partial charge in [0.15, 0.2) is 0 Å². The third kappa shape index (κ3) is 3.38. The fourth-order valence-electron chi connectivity index (χ4n) is 1.24. The van der Waals surface area contributed by atoms with Crippen molar-refractivity contribution in [3.05, 3.63) is 24.2 Å². The number of furan rings is 1. The van der Waals surface area contributed by atoms with Crippen molar-refractivity contribution in [3.8, 4) is 0 Å². The fourth-order valence-corrected chi connectivity index (χ4v) is 1.24. The normalized spacial score (nSPS) is 10.3. The highest BCUT2D eigenvalue weighted by Gasteiger charge is 2.15. The molecule has 0 saturated carbocycles. The summed E-state index contributed by atoms with van der Waals surface area (Å²) in [6.07, 6.45) is 2.91. The van der Waals surface area contributed by atoms with E-state index in [-0.39, 0.29) is 5.91 Å². The van der Waals surface area contributed by atoms with Gasteiger partial charge >= 0.3 is 0 Å². The summed E-state index contributed by atoms with van der Waals surface area (Å²) in [7, 11) is 1.60. The second-order valence-electron chi connectivity index (χ2n) is 3.09. The molecule has 1 heterocycles. The zero-order valence-electron chi connectivity index (χ0n) is 8.81. The topological polar surface area (TPSA) is 68.7 Å². The van der Waals surface area contributed by atoms with E-state index >= 15 is 0 Å². The zero-order valence-corrected chi connectivity index (χ0v) is 8.81. The predicted octanol–water partition coefficient (Wildman–Crippen LogP) is 0.327. The maximum atomic E-state index is 11.9.